The van der Waals surface area contributed by atoms with Gasteiger partial charge in [-0.25, -0.2) is 14.8 Å². The van der Waals surface area contributed by atoms with Crippen molar-refractivity contribution in [3.05, 3.63) is 64.3 Å². The monoisotopic (exact) mass is 400 g/mol. The van der Waals surface area contributed by atoms with Crippen LogP contribution in [-0.2, 0) is 11.3 Å². The summed E-state index contributed by atoms with van der Waals surface area (Å²) >= 11 is 9.42. The highest BCUT2D eigenvalue weighted by molar-refractivity contribution is 7.98. The average molecular weight is 401 g/mol. The molecule has 2 heterocycles. The van der Waals surface area contributed by atoms with Crippen LogP contribution in [-0.4, -0.2) is 22.2 Å². The van der Waals surface area contributed by atoms with Crippen molar-refractivity contribution in [3.63, 3.8) is 0 Å². The third kappa shape index (κ3) is 3.40. The molecule has 0 unspecified atom stereocenters. The van der Waals surface area contributed by atoms with Gasteiger partial charge in [-0.2, -0.15) is 0 Å². The summed E-state index contributed by atoms with van der Waals surface area (Å²) in [6, 6.07) is 13.3. The summed E-state index contributed by atoms with van der Waals surface area (Å²) < 4.78 is 6.38. The minimum atomic E-state index is -0.394. The molecule has 4 aromatic rings. The number of hydrogen-bond donors (Lipinski definition) is 0. The summed E-state index contributed by atoms with van der Waals surface area (Å²) in [4.78, 5) is 22.1. The van der Waals surface area contributed by atoms with Crippen LogP contribution in [0.5, 0.6) is 0 Å². The van der Waals surface area contributed by atoms with E-state index in [0.29, 0.717) is 16.3 Å². The van der Waals surface area contributed by atoms with E-state index >= 15 is 0 Å². The van der Waals surface area contributed by atoms with Gasteiger partial charge in [-0.1, -0.05) is 17.7 Å². The van der Waals surface area contributed by atoms with E-state index in [-0.39, 0.29) is 6.61 Å². The van der Waals surface area contributed by atoms with Crippen molar-refractivity contribution in [3.8, 4) is 0 Å². The Morgan fingerprint density at radius 1 is 1.19 bits per heavy atom. The second-order valence-corrected chi connectivity index (χ2v) is 7.73. The number of thioether (sulfide) groups is 1. The van der Waals surface area contributed by atoms with Crippen LogP contribution in [0.4, 0.5) is 0 Å². The van der Waals surface area contributed by atoms with E-state index in [9.17, 15) is 4.79 Å². The molecule has 4 nitrogen and oxygen atoms in total. The van der Waals surface area contributed by atoms with Gasteiger partial charge in [0, 0.05) is 15.8 Å². The second-order valence-electron chi connectivity index (χ2n) is 5.61. The first kappa shape index (κ1) is 17.3. The van der Waals surface area contributed by atoms with Gasteiger partial charge in [0.05, 0.1) is 26.8 Å². The van der Waals surface area contributed by atoms with E-state index in [1.807, 2.05) is 36.6 Å². The van der Waals surface area contributed by atoms with Crippen LogP contribution in [0.2, 0.25) is 5.15 Å². The molecule has 0 N–H and O–H groups in total. The number of carbonyl (C=O) groups excluding carboxylic acids is 1. The molecule has 26 heavy (non-hydrogen) atoms. The number of benzene rings is 2. The lowest BCUT2D eigenvalue weighted by molar-refractivity contribution is 0.0473. The Morgan fingerprint density at radius 3 is 2.92 bits per heavy atom. The van der Waals surface area contributed by atoms with Gasteiger partial charge in [-0.05, 0) is 42.7 Å². The minimum Gasteiger partial charge on any atom is -0.457 e. The number of rotatable bonds is 4. The fourth-order valence-corrected chi connectivity index (χ4v) is 3.95. The molecular weight excluding hydrogens is 388 g/mol. The molecule has 2 aromatic carbocycles. The highest BCUT2D eigenvalue weighted by Gasteiger charge is 2.12. The van der Waals surface area contributed by atoms with Crippen molar-refractivity contribution in [1.29, 1.82) is 0 Å². The number of nitrogens with zero attached hydrogens (tertiary/aromatic N) is 2. The first-order chi connectivity index (χ1) is 12.6. The molecule has 2 aromatic heterocycles. The van der Waals surface area contributed by atoms with E-state index in [1.54, 1.807) is 29.4 Å². The molecule has 0 aliphatic rings. The average Bonchev–Trinajstić information content (AvgIpc) is 3.13. The Kier molecular flexibility index (Phi) is 4.80. The molecule has 7 heteroatoms. The maximum atomic E-state index is 12.3. The zero-order valence-electron chi connectivity index (χ0n) is 13.7. The van der Waals surface area contributed by atoms with Crippen LogP contribution in [0, 0.1) is 0 Å². The van der Waals surface area contributed by atoms with Gasteiger partial charge < -0.3 is 4.74 Å². The number of ether oxygens (including phenoxy) is 1. The van der Waals surface area contributed by atoms with Gasteiger partial charge in [-0.3, -0.25) is 0 Å². The summed E-state index contributed by atoms with van der Waals surface area (Å²) in [5, 5.41) is 1.31. The normalized spacial score (nSPS) is 11.2. The number of halogens is 1. The molecule has 0 saturated carbocycles. The van der Waals surface area contributed by atoms with Crippen molar-refractivity contribution in [2.75, 3.05) is 6.26 Å². The predicted octanol–water partition coefficient (Wildman–Crippen LogP) is 5.58. The van der Waals surface area contributed by atoms with Crippen LogP contribution in [0.3, 0.4) is 0 Å². The first-order valence-electron chi connectivity index (χ1n) is 7.77. The van der Waals surface area contributed by atoms with Crippen molar-refractivity contribution in [2.45, 2.75) is 11.5 Å². The highest BCUT2D eigenvalue weighted by atomic mass is 35.5. The summed E-state index contributed by atoms with van der Waals surface area (Å²) in [7, 11) is 0. The predicted molar refractivity (Wildman–Crippen MR) is 107 cm³/mol. The zero-order chi connectivity index (χ0) is 18.1. The quantitative estimate of drug-likeness (QED) is 0.254. The molecule has 4 rings (SSSR count). The molecule has 130 valence electrons. The molecule has 0 spiro atoms. The molecular formula is C19H13ClN2O2S2. The molecule has 0 fully saturated rings. The molecule has 0 radical (unpaired) electrons. The third-order valence-electron chi connectivity index (χ3n) is 3.98. The van der Waals surface area contributed by atoms with Gasteiger partial charge in [-0.15, -0.1) is 23.1 Å². The van der Waals surface area contributed by atoms with Crippen molar-refractivity contribution in [2.24, 2.45) is 0 Å². The Labute approximate surface area is 163 Å². The first-order valence-corrected chi connectivity index (χ1v) is 10.3. The van der Waals surface area contributed by atoms with Gasteiger partial charge in [0.1, 0.15) is 11.8 Å². The number of fused-ring (bicyclic) bond motifs is 2. The molecule has 0 bridgehead atoms. The van der Waals surface area contributed by atoms with E-state index in [0.717, 1.165) is 26.0 Å². The second kappa shape index (κ2) is 7.23. The number of aromatic nitrogens is 2. The molecule has 0 amide bonds. The summed E-state index contributed by atoms with van der Waals surface area (Å²) in [5.41, 5.74) is 4.63. The van der Waals surface area contributed by atoms with Gasteiger partial charge in [0.25, 0.3) is 0 Å². The maximum Gasteiger partial charge on any atom is 0.338 e. The summed E-state index contributed by atoms with van der Waals surface area (Å²) in [6.07, 6.45) is 2.01. The SMILES string of the molecule is CSc1ccc2cc(COC(=O)c3ccc4ncsc4c3)c(Cl)nc2c1. The van der Waals surface area contributed by atoms with Crippen molar-refractivity contribution in [1.82, 2.24) is 9.97 Å². The zero-order valence-corrected chi connectivity index (χ0v) is 16.1. The smallest absolute Gasteiger partial charge is 0.338 e. The van der Waals surface area contributed by atoms with Crippen molar-refractivity contribution >= 4 is 61.8 Å². The number of thiazole rings is 1. The lowest BCUT2D eigenvalue weighted by Gasteiger charge is -2.08. The topological polar surface area (TPSA) is 52.1 Å². The Morgan fingerprint density at radius 2 is 2.08 bits per heavy atom. The fourth-order valence-electron chi connectivity index (χ4n) is 2.60. The lowest BCUT2D eigenvalue weighted by atomic mass is 10.1. The van der Waals surface area contributed by atoms with E-state index < -0.39 is 5.97 Å². The van der Waals surface area contributed by atoms with Gasteiger partial charge in [0.15, 0.2) is 0 Å². The lowest BCUT2D eigenvalue weighted by Crippen LogP contribution is -2.06. The fraction of sp³-hybridized carbons (Fsp3) is 0.105. The van der Waals surface area contributed by atoms with Crippen LogP contribution in [0.1, 0.15) is 15.9 Å². The van der Waals surface area contributed by atoms with Crippen molar-refractivity contribution < 1.29 is 9.53 Å². The third-order valence-corrected chi connectivity index (χ3v) is 5.82. The Balaban J connectivity index is 1.54. The Bertz CT molecular complexity index is 1130. The number of pyridine rings is 1. The summed E-state index contributed by atoms with van der Waals surface area (Å²) in [5.74, 6) is -0.394. The number of hydrogen-bond acceptors (Lipinski definition) is 6. The van der Waals surface area contributed by atoms with E-state index in [2.05, 4.69) is 9.97 Å². The Hall–Kier alpha value is -2.15. The van der Waals surface area contributed by atoms with Crippen LogP contribution >= 0.6 is 34.7 Å². The van der Waals surface area contributed by atoms with Crippen LogP contribution in [0.15, 0.2) is 52.9 Å². The highest BCUT2D eigenvalue weighted by Crippen LogP contribution is 2.26. The van der Waals surface area contributed by atoms with Gasteiger partial charge >= 0.3 is 5.97 Å². The number of esters is 1. The number of carbonyl (C=O) groups is 1. The van der Waals surface area contributed by atoms with Gasteiger partial charge in [0.2, 0.25) is 0 Å². The molecule has 0 aliphatic carbocycles. The van der Waals surface area contributed by atoms with E-state index in [1.165, 1.54) is 11.3 Å². The van der Waals surface area contributed by atoms with Crippen LogP contribution in [0.25, 0.3) is 21.1 Å². The molecule has 0 atom stereocenters. The van der Waals surface area contributed by atoms with Crippen LogP contribution < -0.4 is 0 Å². The molecule has 0 saturated heterocycles. The maximum absolute atomic E-state index is 12.3. The minimum absolute atomic E-state index is 0.0750. The standard InChI is InChI=1S/C19H13ClN2O2S2/c1-25-14-4-2-11-6-13(18(20)22-16(11)8-14)9-24-19(23)12-3-5-15-17(7-12)26-10-21-15/h2-8,10H,9H2,1H3. The summed E-state index contributed by atoms with van der Waals surface area (Å²) in [6.45, 7) is 0.0750. The van der Waals surface area contributed by atoms with E-state index in [4.69, 9.17) is 16.3 Å². The molecule has 0 aliphatic heterocycles. The largest absolute Gasteiger partial charge is 0.457 e.